The van der Waals surface area contributed by atoms with E-state index in [4.69, 9.17) is 9.47 Å². The molecule has 0 unspecified atom stereocenters. The van der Waals surface area contributed by atoms with Crippen molar-refractivity contribution >= 4 is 17.8 Å². The number of benzene rings is 1. The molecule has 3 aliphatic heterocycles. The first-order valence-electron chi connectivity index (χ1n) is 12.6. The number of nitrogens with one attached hydrogen (secondary N) is 1. The number of methoxy groups -OCH3 is 1. The number of ether oxygens (including phenoxy) is 2. The van der Waals surface area contributed by atoms with Crippen LogP contribution in [0.1, 0.15) is 36.9 Å². The minimum Gasteiger partial charge on any atom is -0.496 e. The largest absolute Gasteiger partial charge is 0.496 e. The van der Waals surface area contributed by atoms with Gasteiger partial charge in [0.25, 0.3) is 5.91 Å². The Morgan fingerprint density at radius 1 is 1.14 bits per heavy atom. The Morgan fingerprint density at radius 2 is 1.92 bits per heavy atom. The van der Waals surface area contributed by atoms with E-state index in [0.717, 1.165) is 18.4 Å². The van der Waals surface area contributed by atoms with Crippen LogP contribution in [0.5, 0.6) is 5.75 Å². The maximum atomic E-state index is 13.9. The van der Waals surface area contributed by atoms with E-state index in [1.54, 1.807) is 25.4 Å². The minimum absolute atomic E-state index is 0.0200. The molecule has 1 aromatic heterocycles. The van der Waals surface area contributed by atoms with E-state index in [1.165, 1.54) is 4.90 Å². The number of urea groups is 1. The number of likely N-dealkylation sites (tertiary alicyclic amines) is 1. The highest BCUT2D eigenvalue weighted by Gasteiger charge is 2.58. The van der Waals surface area contributed by atoms with Crippen molar-refractivity contribution in [3.05, 3.63) is 59.9 Å². The van der Waals surface area contributed by atoms with Gasteiger partial charge in [-0.05, 0) is 43.9 Å². The number of para-hydroxylation sites is 1. The molecule has 4 amide bonds. The van der Waals surface area contributed by atoms with Crippen molar-refractivity contribution < 1.29 is 23.9 Å². The number of nitrogens with zero attached hydrogens (tertiary/aromatic N) is 3. The maximum absolute atomic E-state index is 13.9. The molecule has 5 rings (SSSR count). The number of imide groups is 1. The van der Waals surface area contributed by atoms with Crippen LogP contribution in [-0.2, 0) is 26.3 Å². The van der Waals surface area contributed by atoms with E-state index < -0.39 is 11.6 Å². The Bertz CT molecular complexity index is 1110. The number of rotatable bonds is 7. The fraction of sp³-hybridized carbons (Fsp3) is 0.481. The molecular weight excluding hydrogens is 460 g/mol. The smallest absolute Gasteiger partial charge is 0.325 e. The summed E-state index contributed by atoms with van der Waals surface area (Å²) < 4.78 is 11.1. The fourth-order valence-corrected chi connectivity index (χ4v) is 5.69. The van der Waals surface area contributed by atoms with E-state index in [9.17, 15) is 14.4 Å². The molecule has 0 aliphatic carbocycles. The zero-order valence-corrected chi connectivity index (χ0v) is 20.5. The van der Waals surface area contributed by atoms with Crippen LogP contribution in [0, 0.1) is 5.92 Å². The summed E-state index contributed by atoms with van der Waals surface area (Å²) in [5.41, 5.74) is 0.145. The van der Waals surface area contributed by atoms with Crippen LogP contribution in [0.25, 0.3) is 0 Å². The molecule has 4 heterocycles. The van der Waals surface area contributed by atoms with Gasteiger partial charge >= 0.3 is 6.03 Å². The average molecular weight is 493 g/mol. The van der Waals surface area contributed by atoms with Crippen molar-refractivity contribution in [3.63, 3.8) is 0 Å². The number of carbonyl (C=O) groups is 3. The SMILES string of the molecule is COc1ccccc1CC(=O)N1CCC([C@@]2(c3ccccn3)NC(=O)N(C[C@@H]3CCCO3)C2=O)CC1. The number of piperidine rings is 1. The average Bonchev–Trinajstić information content (AvgIpc) is 3.52. The lowest BCUT2D eigenvalue weighted by molar-refractivity contribution is -0.137. The minimum atomic E-state index is -1.24. The number of carbonyl (C=O) groups excluding carboxylic acids is 3. The second kappa shape index (κ2) is 10.3. The molecule has 2 aromatic rings. The normalized spacial score (nSPS) is 24.8. The Labute approximate surface area is 210 Å². The third-order valence-electron chi connectivity index (χ3n) is 7.61. The van der Waals surface area contributed by atoms with Crippen molar-refractivity contribution in [2.45, 2.75) is 43.7 Å². The molecule has 0 bridgehead atoms. The molecule has 0 spiro atoms. The zero-order chi connectivity index (χ0) is 25.1. The molecule has 1 N–H and O–H groups in total. The van der Waals surface area contributed by atoms with Gasteiger partial charge < -0.3 is 19.7 Å². The molecule has 1 aromatic carbocycles. The molecule has 3 aliphatic rings. The molecule has 3 saturated heterocycles. The van der Waals surface area contributed by atoms with E-state index in [0.29, 0.717) is 44.0 Å². The number of hydrogen-bond donors (Lipinski definition) is 1. The molecule has 0 radical (unpaired) electrons. The second-order valence-electron chi connectivity index (χ2n) is 9.65. The molecule has 0 saturated carbocycles. The molecule has 9 nitrogen and oxygen atoms in total. The van der Waals surface area contributed by atoms with E-state index in [1.807, 2.05) is 35.2 Å². The first kappa shape index (κ1) is 24.2. The van der Waals surface area contributed by atoms with Gasteiger partial charge in [-0.2, -0.15) is 0 Å². The van der Waals surface area contributed by atoms with Gasteiger partial charge in [0.15, 0.2) is 5.54 Å². The highest BCUT2D eigenvalue weighted by atomic mass is 16.5. The summed E-state index contributed by atoms with van der Waals surface area (Å²) in [4.78, 5) is 47.7. The van der Waals surface area contributed by atoms with Crippen molar-refractivity contribution in [3.8, 4) is 5.75 Å². The molecule has 190 valence electrons. The van der Waals surface area contributed by atoms with Gasteiger partial charge in [-0.25, -0.2) is 4.79 Å². The molecule has 3 fully saturated rings. The number of pyridine rings is 1. The summed E-state index contributed by atoms with van der Waals surface area (Å²) in [6.07, 6.45) is 4.69. The summed E-state index contributed by atoms with van der Waals surface area (Å²) in [6.45, 7) is 1.90. The monoisotopic (exact) mass is 492 g/mol. The summed E-state index contributed by atoms with van der Waals surface area (Å²) in [7, 11) is 1.60. The van der Waals surface area contributed by atoms with E-state index in [-0.39, 0.29) is 36.8 Å². The first-order valence-corrected chi connectivity index (χ1v) is 12.6. The van der Waals surface area contributed by atoms with Crippen LogP contribution < -0.4 is 10.1 Å². The quantitative estimate of drug-likeness (QED) is 0.596. The second-order valence-corrected chi connectivity index (χ2v) is 9.65. The first-order chi connectivity index (χ1) is 17.5. The fourth-order valence-electron chi connectivity index (χ4n) is 5.69. The summed E-state index contributed by atoms with van der Waals surface area (Å²) in [5, 5.41) is 3.03. The lowest BCUT2D eigenvalue weighted by Crippen LogP contribution is -2.55. The standard InChI is InChI=1S/C27H32N4O5/c1-35-22-9-3-2-7-19(22)17-24(32)30-14-11-20(12-15-30)27(23-10-4-5-13-28-23)25(33)31(26(34)29-27)18-21-8-6-16-36-21/h2-5,7,9-10,13,20-21H,6,8,11-12,14-18H2,1H3,(H,29,34)/t21-,27-/m0/s1. The van der Waals surface area contributed by atoms with Gasteiger partial charge in [0.1, 0.15) is 5.75 Å². The highest BCUT2D eigenvalue weighted by molar-refractivity contribution is 6.07. The summed E-state index contributed by atoms with van der Waals surface area (Å²) >= 11 is 0. The van der Waals surface area contributed by atoms with Crippen molar-refractivity contribution in [1.82, 2.24) is 20.1 Å². The van der Waals surface area contributed by atoms with Crippen LogP contribution in [0.2, 0.25) is 0 Å². The Kier molecular flexibility index (Phi) is 6.91. The zero-order valence-electron chi connectivity index (χ0n) is 20.5. The Hall–Kier alpha value is -3.46. The lowest BCUT2D eigenvalue weighted by Gasteiger charge is -2.40. The maximum Gasteiger partial charge on any atom is 0.325 e. The van der Waals surface area contributed by atoms with Gasteiger partial charge in [0, 0.05) is 37.4 Å². The van der Waals surface area contributed by atoms with Gasteiger partial charge in [-0.3, -0.25) is 19.5 Å². The number of amides is 4. The summed E-state index contributed by atoms with van der Waals surface area (Å²) in [6, 6.07) is 12.5. The van der Waals surface area contributed by atoms with Crippen molar-refractivity contribution in [2.75, 3.05) is 33.4 Å². The Morgan fingerprint density at radius 3 is 2.61 bits per heavy atom. The molecule has 2 atom stereocenters. The van der Waals surface area contributed by atoms with Gasteiger partial charge in [0.05, 0.1) is 31.9 Å². The summed E-state index contributed by atoms with van der Waals surface area (Å²) in [5.74, 6) is 0.251. The predicted molar refractivity (Wildman–Crippen MR) is 131 cm³/mol. The molecular formula is C27H32N4O5. The van der Waals surface area contributed by atoms with Crippen molar-refractivity contribution in [2.24, 2.45) is 5.92 Å². The van der Waals surface area contributed by atoms with E-state index >= 15 is 0 Å². The van der Waals surface area contributed by atoms with Gasteiger partial charge in [-0.1, -0.05) is 24.3 Å². The van der Waals surface area contributed by atoms with Gasteiger partial charge in [0.2, 0.25) is 5.91 Å². The number of aromatic nitrogens is 1. The lowest BCUT2D eigenvalue weighted by atomic mass is 9.75. The van der Waals surface area contributed by atoms with Crippen LogP contribution >= 0.6 is 0 Å². The van der Waals surface area contributed by atoms with Crippen LogP contribution in [-0.4, -0.2) is 72.1 Å². The third-order valence-corrected chi connectivity index (χ3v) is 7.61. The van der Waals surface area contributed by atoms with Crippen molar-refractivity contribution in [1.29, 1.82) is 0 Å². The molecule has 36 heavy (non-hydrogen) atoms. The Balaban J connectivity index is 1.33. The van der Waals surface area contributed by atoms with Crippen LogP contribution in [0.15, 0.2) is 48.7 Å². The highest BCUT2D eigenvalue weighted by Crippen LogP contribution is 2.41. The molecule has 9 heteroatoms. The van der Waals surface area contributed by atoms with Crippen LogP contribution in [0.4, 0.5) is 4.79 Å². The van der Waals surface area contributed by atoms with E-state index in [2.05, 4.69) is 10.3 Å². The number of hydrogen-bond acceptors (Lipinski definition) is 6. The topological polar surface area (TPSA) is 101 Å². The third kappa shape index (κ3) is 4.43. The van der Waals surface area contributed by atoms with Gasteiger partial charge in [-0.15, -0.1) is 0 Å². The van der Waals surface area contributed by atoms with Crippen LogP contribution in [0.3, 0.4) is 0 Å². The predicted octanol–water partition coefficient (Wildman–Crippen LogP) is 2.50.